The van der Waals surface area contributed by atoms with E-state index >= 15 is 0 Å². The van der Waals surface area contributed by atoms with E-state index in [1.807, 2.05) is 0 Å². The molecule has 2 nitrogen and oxygen atoms in total. The van der Waals surface area contributed by atoms with Crippen molar-refractivity contribution in [2.24, 2.45) is 5.92 Å². The second-order valence-electron chi connectivity index (χ2n) is 4.72. The number of hydrogen-bond acceptors (Lipinski definition) is 2. The average molecular weight is 214 g/mol. The molecule has 0 saturated carbocycles. The average Bonchev–Trinajstić information content (AvgIpc) is 2.78. The van der Waals surface area contributed by atoms with Gasteiger partial charge >= 0.3 is 0 Å². The van der Waals surface area contributed by atoms with Crippen LogP contribution in [0.1, 0.15) is 29.0 Å². The minimum atomic E-state index is 0.0508. The van der Waals surface area contributed by atoms with Gasteiger partial charge in [-0.1, -0.05) is 23.8 Å². The predicted octanol–water partition coefficient (Wildman–Crippen LogP) is 2.52. The summed E-state index contributed by atoms with van der Waals surface area (Å²) in [5, 5.41) is 12.7. The van der Waals surface area contributed by atoms with Gasteiger partial charge in [-0.25, -0.2) is 0 Å². The molecule has 1 aliphatic rings. The SMILES string of the molecule is Cc1ccc(C)c(C(C#N)C2CCNC2)c1. The van der Waals surface area contributed by atoms with Gasteiger partial charge in [-0.2, -0.15) is 5.26 Å². The molecule has 0 spiro atoms. The van der Waals surface area contributed by atoms with Crippen molar-refractivity contribution in [3.63, 3.8) is 0 Å². The van der Waals surface area contributed by atoms with Crippen LogP contribution >= 0.6 is 0 Å². The van der Waals surface area contributed by atoms with Crippen LogP contribution in [0.4, 0.5) is 0 Å². The van der Waals surface area contributed by atoms with Crippen LogP contribution in [-0.2, 0) is 0 Å². The lowest BCUT2D eigenvalue weighted by atomic mass is 9.84. The Hall–Kier alpha value is -1.33. The van der Waals surface area contributed by atoms with Crippen molar-refractivity contribution in [3.8, 4) is 6.07 Å². The van der Waals surface area contributed by atoms with Crippen molar-refractivity contribution < 1.29 is 0 Å². The van der Waals surface area contributed by atoms with Crippen LogP contribution in [0.15, 0.2) is 18.2 Å². The first-order valence-electron chi connectivity index (χ1n) is 5.90. The predicted molar refractivity (Wildman–Crippen MR) is 65.2 cm³/mol. The molecular formula is C14H18N2. The topological polar surface area (TPSA) is 35.8 Å². The zero-order valence-corrected chi connectivity index (χ0v) is 9.96. The Labute approximate surface area is 97.3 Å². The molecule has 0 aromatic heterocycles. The highest BCUT2D eigenvalue weighted by Gasteiger charge is 2.27. The quantitative estimate of drug-likeness (QED) is 0.821. The summed E-state index contributed by atoms with van der Waals surface area (Å²) in [7, 11) is 0. The van der Waals surface area contributed by atoms with Gasteiger partial charge < -0.3 is 5.32 Å². The lowest BCUT2D eigenvalue weighted by molar-refractivity contribution is 0.529. The monoisotopic (exact) mass is 214 g/mol. The van der Waals surface area contributed by atoms with Gasteiger partial charge in [-0.15, -0.1) is 0 Å². The number of nitrogens with zero attached hydrogens (tertiary/aromatic N) is 1. The van der Waals surface area contributed by atoms with Crippen molar-refractivity contribution in [3.05, 3.63) is 34.9 Å². The van der Waals surface area contributed by atoms with Crippen molar-refractivity contribution in [2.45, 2.75) is 26.2 Å². The maximum absolute atomic E-state index is 9.38. The van der Waals surface area contributed by atoms with Gasteiger partial charge in [-0.3, -0.25) is 0 Å². The summed E-state index contributed by atoms with van der Waals surface area (Å²) in [6.07, 6.45) is 1.12. The molecule has 1 fully saturated rings. The zero-order valence-electron chi connectivity index (χ0n) is 9.96. The van der Waals surface area contributed by atoms with E-state index in [0.717, 1.165) is 19.5 Å². The maximum Gasteiger partial charge on any atom is 0.0756 e. The molecule has 0 amide bonds. The largest absolute Gasteiger partial charge is 0.316 e. The van der Waals surface area contributed by atoms with Crippen molar-refractivity contribution in [2.75, 3.05) is 13.1 Å². The molecule has 0 radical (unpaired) electrons. The Kier molecular flexibility index (Phi) is 3.26. The van der Waals surface area contributed by atoms with E-state index in [4.69, 9.17) is 0 Å². The van der Waals surface area contributed by atoms with Gasteiger partial charge in [0, 0.05) is 0 Å². The summed E-state index contributed by atoms with van der Waals surface area (Å²) in [5.41, 5.74) is 3.70. The molecule has 1 N–H and O–H groups in total. The second kappa shape index (κ2) is 4.67. The fourth-order valence-corrected chi connectivity index (χ4v) is 2.49. The van der Waals surface area contributed by atoms with Crippen LogP contribution in [0.3, 0.4) is 0 Å². The summed E-state index contributed by atoms with van der Waals surface area (Å²) in [6, 6.07) is 8.89. The fourth-order valence-electron chi connectivity index (χ4n) is 2.49. The molecule has 0 bridgehead atoms. The third kappa shape index (κ3) is 2.10. The minimum Gasteiger partial charge on any atom is -0.316 e. The molecule has 1 aliphatic heterocycles. The number of benzene rings is 1. The van der Waals surface area contributed by atoms with Gasteiger partial charge in [0.25, 0.3) is 0 Å². The highest BCUT2D eigenvalue weighted by molar-refractivity contribution is 5.37. The first-order chi connectivity index (χ1) is 7.72. The Bertz CT molecular complexity index is 411. The lowest BCUT2D eigenvalue weighted by Crippen LogP contribution is -2.16. The first-order valence-corrected chi connectivity index (χ1v) is 5.90. The fraction of sp³-hybridized carbons (Fsp3) is 0.500. The van der Waals surface area contributed by atoms with E-state index in [9.17, 15) is 5.26 Å². The molecular weight excluding hydrogens is 196 g/mol. The van der Waals surface area contributed by atoms with Crippen molar-refractivity contribution in [1.82, 2.24) is 5.32 Å². The van der Waals surface area contributed by atoms with E-state index in [-0.39, 0.29) is 5.92 Å². The van der Waals surface area contributed by atoms with E-state index in [1.54, 1.807) is 0 Å². The van der Waals surface area contributed by atoms with Crippen LogP contribution in [0.25, 0.3) is 0 Å². The molecule has 16 heavy (non-hydrogen) atoms. The minimum absolute atomic E-state index is 0.0508. The van der Waals surface area contributed by atoms with Crippen LogP contribution < -0.4 is 5.32 Å². The smallest absolute Gasteiger partial charge is 0.0756 e. The molecule has 1 heterocycles. The third-order valence-electron chi connectivity index (χ3n) is 3.48. The van der Waals surface area contributed by atoms with E-state index in [1.165, 1.54) is 16.7 Å². The van der Waals surface area contributed by atoms with E-state index in [0.29, 0.717) is 5.92 Å². The van der Waals surface area contributed by atoms with Gasteiger partial charge in [0.05, 0.1) is 12.0 Å². The van der Waals surface area contributed by atoms with Crippen LogP contribution in [0.2, 0.25) is 0 Å². The molecule has 2 atom stereocenters. The molecule has 2 unspecified atom stereocenters. The van der Waals surface area contributed by atoms with E-state index < -0.39 is 0 Å². The standard InChI is InChI=1S/C14H18N2/c1-10-3-4-11(2)13(7-10)14(8-15)12-5-6-16-9-12/h3-4,7,12,14,16H,5-6,9H2,1-2H3. The van der Waals surface area contributed by atoms with Gasteiger partial charge in [-0.05, 0) is 50.4 Å². The normalized spacial score (nSPS) is 21.7. The van der Waals surface area contributed by atoms with Crippen LogP contribution in [-0.4, -0.2) is 13.1 Å². The number of nitriles is 1. The Balaban J connectivity index is 2.32. The zero-order chi connectivity index (χ0) is 11.5. The Morgan fingerprint density at radius 2 is 2.25 bits per heavy atom. The summed E-state index contributed by atoms with van der Waals surface area (Å²) >= 11 is 0. The molecule has 0 aliphatic carbocycles. The van der Waals surface area contributed by atoms with E-state index in [2.05, 4.69) is 43.4 Å². The summed E-state index contributed by atoms with van der Waals surface area (Å²) < 4.78 is 0. The number of nitrogens with one attached hydrogen (secondary N) is 1. The second-order valence-corrected chi connectivity index (χ2v) is 4.72. The third-order valence-corrected chi connectivity index (χ3v) is 3.48. The molecule has 1 aromatic rings. The van der Waals surface area contributed by atoms with Gasteiger partial charge in [0.15, 0.2) is 0 Å². The molecule has 1 saturated heterocycles. The summed E-state index contributed by atoms with van der Waals surface area (Å²) in [6.45, 7) is 6.21. The lowest BCUT2D eigenvalue weighted by Gasteiger charge is -2.18. The van der Waals surface area contributed by atoms with Gasteiger partial charge in [0.1, 0.15) is 0 Å². The summed E-state index contributed by atoms with van der Waals surface area (Å²) in [5.74, 6) is 0.528. The number of hydrogen-bond donors (Lipinski definition) is 1. The first kappa shape index (κ1) is 11.2. The highest BCUT2D eigenvalue weighted by atomic mass is 14.9. The molecule has 84 valence electrons. The van der Waals surface area contributed by atoms with Crippen LogP contribution in [0.5, 0.6) is 0 Å². The Morgan fingerprint density at radius 3 is 2.88 bits per heavy atom. The summed E-state index contributed by atoms with van der Waals surface area (Å²) in [4.78, 5) is 0. The number of aryl methyl sites for hydroxylation is 2. The van der Waals surface area contributed by atoms with Crippen molar-refractivity contribution >= 4 is 0 Å². The maximum atomic E-state index is 9.38. The molecule has 2 rings (SSSR count). The number of rotatable bonds is 2. The molecule has 1 aromatic carbocycles. The van der Waals surface area contributed by atoms with Crippen LogP contribution in [0, 0.1) is 31.1 Å². The molecule has 2 heteroatoms. The Morgan fingerprint density at radius 1 is 1.44 bits per heavy atom. The highest BCUT2D eigenvalue weighted by Crippen LogP contribution is 2.31. The van der Waals surface area contributed by atoms with Gasteiger partial charge in [0.2, 0.25) is 0 Å². The van der Waals surface area contributed by atoms with Crippen molar-refractivity contribution in [1.29, 1.82) is 5.26 Å².